The van der Waals surface area contributed by atoms with Crippen LogP contribution in [0.15, 0.2) is 53.8 Å². The van der Waals surface area contributed by atoms with Gasteiger partial charge in [-0.3, -0.25) is 9.98 Å². The number of fused-ring (bicyclic) bond motifs is 2. The fourth-order valence-electron chi connectivity index (χ4n) is 3.59. The first-order valence-electron chi connectivity index (χ1n) is 9.21. The lowest BCUT2D eigenvalue weighted by Crippen LogP contribution is -2.24. The summed E-state index contributed by atoms with van der Waals surface area (Å²) in [7, 11) is 0. The van der Waals surface area contributed by atoms with E-state index in [1.54, 1.807) is 12.4 Å². The molecular formula is C21H20N4O2. The third-order valence-corrected chi connectivity index (χ3v) is 5.09. The molecule has 0 amide bonds. The molecule has 4 heterocycles. The third kappa shape index (κ3) is 3.02. The molecule has 2 aromatic heterocycles. The highest BCUT2D eigenvalue weighted by molar-refractivity contribution is 6.11. The Morgan fingerprint density at radius 1 is 1.15 bits per heavy atom. The molecule has 5 rings (SSSR count). The van der Waals surface area contributed by atoms with Gasteiger partial charge in [0.15, 0.2) is 0 Å². The Labute approximate surface area is 157 Å². The van der Waals surface area contributed by atoms with Crippen molar-refractivity contribution < 1.29 is 9.47 Å². The molecule has 27 heavy (non-hydrogen) atoms. The summed E-state index contributed by atoms with van der Waals surface area (Å²) in [4.78, 5) is 13.4. The summed E-state index contributed by atoms with van der Waals surface area (Å²) < 4.78 is 11.7. The fourth-order valence-corrected chi connectivity index (χ4v) is 3.59. The maximum atomic E-state index is 6.13. The molecule has 1 N–H and O–H groups in total. The van der Waals surface area contributed by atoms with E-state index in [9.17, 15) is 0 Å². The van der Waals surface area contributed by atoms with Crippen LogP contribution < -0.4 is 10.1 Å². The maximum absolute atomic E-state index is 6.13. The summed E-state index contributed by atoms with van der Waals surface area (Å²) in [6, 6.07) is 12.1. The topological polar surface area (TPSA) is 68.6 Å². The van der Waals surface area contributed by atoms with Crippen molar-refractivity contribution in [3.8, 4) is 5.88 Å². The molecule has 136 valence electrons. The molecular weight excluding hydrogens is 340 g/mol. The van der Waals surface area contributed by atoms with E-state index in [2.05, 4.69) is 26.3 Å². The largest absolute Gasteiger partial charge is 0.471 e. The number of hydrogen-bond acceptors (Lipinski definition) is 6. The van der Waals surface area contributed by atoms with Gasteiger partial charge in [-0.1, -0.05) is 0 Å². The summed E-state index contributed by atoms with van der Waals surface area (Å²) in [5, 5.41) is 5.49. The number of ether oxygens (including phenoxy) is 2. The van der Waals surface area contributed by atoms with E-state index in [4.69, 9.17) is 9.47 Å². The van der Waals surface area contributed by atoms with Crippen LogP contribution in [0.4, 0.5) is 5.69 Å². The van der Waals surface area contributed by atoms with Gasteiger partial charge in [-0.05, 0) is 48.7 Å². The van der Waals surface area contributed by atoms with Crippen LogP contribution in [-0.2, 0) is 11.3 Å². The van der Waals surface area contributed by atoms with Gasteiger partial charge >= 0.3 is 0 Å². The van der Waals surface area contributed by atoms with Gasteiger partial charge in [0.05, 0.1) is 24.9 Å². The predicted molar refractivity (Wildman–Crippen MR) is 104 cm³/mol. The lowest BCUT2D eigenvalue weighted by molar-refractivity contribution is 0.0660. The molecule has 2 atom stereocenters. The van der Waals surface area contributed by atoms with Crippen molar-refractivity contribution in [1.82, 2.24) is 9.97 Å². The molecule has 2 aliphatic rings. The van der Waals surface area contributed by atoms with Crippen LogP contribution in [0.1, 0.15) is 24.6 Å². The van der Waals surface area contributed by atoms with Crippen LogP contribution in [0.2, 0.25) is 0 Å². The molecule has 1 fully saturated rings. The monoisotopic (exact) mass is 360 g/mol. The summed E-state index contributed by atoms with van der Waals surface area (Å²) in [6.07, 6.45) is 4.63. The Morgan fingerprint density at radius 2 is 2.11 bits per heavy atom. The van der Waals surface area contributed by atoms with E-state index in [1.165, 1.54) is 0 Å². The van der Waals surface area contributed by atoms with Crippen LogP contribution in [0, 0.1) is 0 Å². The molecule has 0 spiro atoms. The van der Waals surface area contributed by atoms with Crippen molar-refractivity contribution >= 4 is 22.3 Å². The van der Waals surface area contributed by atoms with Gasteiger partial charge in [-0.2, -0.15) is 0 Å². The highest BCUT2D eigenvalue weighted by Gasteiger charge is 2.27. The standard InChI is InChI=1S/C21H20N4O2/c1-13-19(7-10-26-13)27-21-16-5-4-15(11-14(16)6-9-23-21)25-20-17-3-2-8-22-18(17)12-24-20/h2-6,8-9,11,13,19H,7,10,12H2,1H3,(H,24,25)/t13-,19-/m1/s1. The minimum absolute atomic E-state index is 0.0535. The van der Waals surface area contributed by atoms with Gasteiger partial charge in [0.2, 0.25) is 5.88 Å². The second kappa shape index (κ2) is 6.63. The fraction of sp³-hybridized carbons (Fsp3) is 0.286. The number of nitrogens with one attached hydrogen (secondary N) is 1. The Bertz CT molecular complexity index is 1030. The zero-order chi connectivity index (χ0) is 18.2. The average Bonchev–Trinajstić information content (AvgIpc) is 3.28. The van der Waals surface area contributed by atoms with Crippen LogP contribution in [0.25, 0.3) is 10.8 Å². The molecule has 0 radical (unpaired) electrons. The highest BCUT2D eigenvalue weighted by Crippen LogP contribution is 2.29. The highest BCUT2D eigenvalue weighted by atomic mass is 16.6. The summed E-state index contributed by atoms with van der Waals surface area (Å²) >= 11 is 0. The Morgan fingerprint density at radius 3 is 3.00 bits per heavy atom. The number of hydrogen-bond donors (Lipinski definition) is 1. The number of anilines is 1. The van der Waals surface area contributed by atoms with Crippen molar-refractivity contribution in [3.63, 3.8) is 0 Å². The van der Waals surface area contributed by atoms with Gasteiger partial charge in [-0.25, -0.2) is 4.98 Å². The van der Waals surface area contributed by atoms with Crippen LogP contribution >= 0.6 is 0 Å². The number of pyridine rings is 2. The van der Waals surface area contributed by atoms with Crippen LogP contribution in [0.5, 0.6) is 5.88 Å². The first-order valence-corrected chi connectivity index (χ1v) is 9.21. The Balaban J connectivity index is 1.41. The zero-order valence-corrected chi connectivity index (χ0v) is 15.1. The molecule has 1 aromatic carbocycles. The zero-order valence-electron chi connectivity index (χ0n) is 15.1. The van der Waals surface area contributed by atoms with Gasteiger partial charge in [0.1, 0.15) is 11.9 Å². The predicted octanol–water partition coefficient (Wildman–Crippen LogP) is 3.56. The summed E-state index contributed by atoms with van der Waals surface area (Å²) in [6.45, 7) is 3.40. The molecule has 0 bridgehead atoms. The van der Waals surface area contributed by atoms with Gasteiger partial charge in [0.25, 0.3) is 0 Å². The molecule has 6 heteroatoms. The van der Waals surface area contributed by atoms with Crippen molar-refractivity contribution in [1.29, 1.82) is 0 Å². The number of aromatic nitrogens is 2. The molecule has 6 nitrogen and oxygen atoms in total. The Kier molecular flexibility index (Phi) is 3.98. The van der Waals surface area contributed by atoms with Gasteiger partial charge in [0, 0.05) is 35.5 Å². The van der Waals surface area contributed by atoms with Gasteiger partial charge < -0.3 is 14.8 Å². The van der Waals surface area contributed by atoms with Crippen LogP contribution in [0.3, 0.4) is 0 Å². The van der Waals surface area contributed by atoms with E-state index in [-0.39, 0.29) is 12.2 Å². The van der Waals surface area contributed by atoms with Crippen molar-refractivity contribution in [2.24, 2.45) is 4.99 Å². The SMILES string of the molecule is C[C@H]1OCC[C@H]1Oc1nccc2cc(NC3=NCc4ncccc43)ccc12. The number of aliphatic imine (C=N–C) groups is 1. The first kappa shape index (κ1) is 16.2. The van der Waals surface area contributed by atoms with Gasteiger partial charge in [-0.15, -0.1) is 0 Å². The normalized spacial score (nSPS) is 21.1. The third-order valence-electron chi connectivity index (χ3n) is 5.09. The number of rotatable bonds is 3. The molecule has 2 aliphatic heterocycles. The number of nitrogens with zero attached hydrogens (tertiary/aromatic N) is 3. The lowest BCUT2D eigenvalue weighted by Gasteiger charge is -2.17. The van der Waals surface area contributed by atoms with E-state index in [0.717, 1.165) is 46.6 Å². The van der Waals surface area contributed by atoms with E-state index in [1.807, 2.05) is 37.3 Å². The maximum Gasteiger partial charge on any atom is 0.221 e. The molecule has 3 aromatic rings. The van der Waals surface area contributed by atoms with E-state index >= 15 is 0 Å². The van der Waals surface area contributed by atoms with Crippen molar-refractivity contribution in [2.75, 3.05) is 11.9 Å². The van der Waals surface area contributed by atoms with Crippen LogP contribution in [-0.4, -0.2) is 34.6 Å². The summed E-state index contributed by atoms with van der Waals surface area (Å²) in [5.74, 6) is 1.52. The van der Waals surface area contributed by atoms with E-state index < -0.39 is 0 Å². The quantitative estimate of drug-likeness (QED) is 0.773. The molecule has 0 unspecified atom stereocenters. The second-order valence-corrected chi connectivity index (χ2v) is 6.86. The molecule has 0 saturated carbocycles. The summed E-state index contributed by atoms with van der Waals surface area (Å²) in [5.41, 5.74) is 3.05. The van der Waals surface area contributed by atoms with Crippen molar-refractivity contribution in [2.45, 2.75) is 32.1 Å². The molecule has 0 aliphatic carbocycles. The second-order valence-electron chi connectivity index (χ2n) is 6.86. The Hall–Kier alpha value is -2.99. The first-order chi connectivity index (χ1) is 13.3. The van der Waals surface area contributed by atoms with E-state index in [0.29, 0.717) is 12.4 Å². The number of amidine groups is 1. The lowest BCUT2D eigenvalue weighted by atomic mass is 10.1. The minimum Gasteiger partial charge on any atom is -0.471 e. The average molecular weight is 360 g/mol. The smallest absolute Gasteiger partial charge is 0.221 e. The minimum atomic E-state index is 0.0535. The molecule has 1 saturated heterocycles. The van der Waals surface area contributed by atoms with Crippen molar-refractivity contribution in [3.05, 3.63) is 60.0 Å². The number of benzene rings is 1.